The van der Waals surface area contributed by atoms with Crippen molar-refractivity contribution in [1.29, 1.82) is 0 Å². The minimum absolute atomic E-state index is 0.0960. The van der Waals surface area contributed by atoms with Crippen molar-refractivity contribution in [3.63, 3.8) is 0 Å². The van der Waals surface area contributed by atoms with Gasteiger partial charge in [0.15, 0.2) is 5.76 Å². The number of carbonyl (C=O) groups is 1. The molecule has 0 saturated heterocycles. The molecule has 1 unspecified atom stereocenters. The predicted molar refractivity (Wildman–Crippen MR) is 100 cm³/mol. The number of nitrogens with zero attached hydrogens (tertiary/aromatic N) is 3. The summed E-state index contributed by atoms with van der Waals surface area (Å²) in [5.41, 5.74) is 1.39. The molecule has 0 bridgehead atoms. The van der Waals surface area contributed by atoms with E-state index in [1.165, 1.54) is 0 Å². The third kappa shape index (κ3) is 5.17. The Morgan fingerprint density at radius 2 is 1.96 bits per heavy atom. The zero-order valence-corrected chi connectivity index (χ0v) is 16.2. The van der Waals surface area contributed by atoms with Crippen LogP contribution in [0.15, 0.2) is 39.3 Å². The number of aryl methyl sites for hydroxylation is 1. The lowest BCUT2D eigenvalue weighted by Gasteiger charge is -2.16. The van der Waals surface area contributed by atoms with Crippen molar-refractivity contribution in [2.75, 3.05) is 0 Å². The van der Waals surface area contributed by atoms with E-state index in [2.05, 4.69) is 34.5 Å². The topological polar surface area (TPSA) is 94.1 Å². The van der Waals surface area contributed by atoms with Gasteiger partial charge >= 0.3 is 0 Å². The molecular formula is C19H21ClN4O3. The Kier molecular flexibility index (Phi) is 5.91. The fourth-order valence-electron chi connectivity index (χ4n) is 2.70. The summed E-state index contributed by atoms with van der Waals surface area (Å²) in [5.74, 6) is 1.63. The lowest BCUT2D eigenvalue weighted by Crippen LogP contribution is -2.31. The van der Waals surface area contributed by atoms with Gasteiger partial charge in [-0.25, -0.2) is 0 Å². The fraction of sp³-hybridized carbons (Fsp3) is 0.368. The molecule has 7 nitrogen and oxygen atoms in total. The van der Waals surface area contributed by atoms with Crippen LogP contribution < -0.4 is 5.32 Å². The van der Waals surface area contributed by atoms with Gasteiger partial charge in [-0.05, 0) is 36.6 Å². The molecule has 1 N–H and O–H groups in total. The number of hydrogen-bond acceptors (Lipinski definition) is 6. The van der Waals surface area contributed by atoms with E-state index in [1.54, 1.807) is 25.1 Å². The van der Waals surface area contributed by atoms with Crippen LogP contribution in [-0.2, 0) is 11.2 Å². The highest BCUT2D eigenvalue weighted by Gasteiger charge is 2.22. The molecule has 3 aromatic rings. The van der Waals surface area contributed by atoms with Gasteiger partial charge in [-0.15, -0.1) is 10.2 Å². The Bertz CT molecular complexity index is 902. The fourth-order valence-corrected chi connectivity index (χ4v) is 2.83. The summed E-state index contributed by atoms with van der Waals surface area (Å²) in [7, 11) is 0. The summed E-state index contributed by atoms with van der Waals surface area (Å²) in [4.78, 5) is 12.5. The SMILES string of the molecule is Cc1nnc(C(CC(C)C)NC(=O)Cc2cc(-c3ccc(Cl)cc3)on2)o1. The smallest absolute Gasteiger partial charge is 0.238 e. The third-order valence-electron chi connectivity index (χ3n) is 3.91. The standard InChI is InChI=1S/C19H21ClN4O3/c1-11(2)8-16(19-23-22-12(3)26-19)21-18(25)10-15-9-17(27-24-15)13-4-6-14(20)7-5-13/h4-7,9,11,16H,8,10H2,1-3H3,(H,21,25). The third-order valence-corrected chi connectivity index (χ3v) is 4.16. The number of hydrogen-bond donors (Lipinski definition) is 1. The molecule has 0 aliphatic rings. The van der Waals surface area contributed by atoms with Crippen LogP contribution in [0, 0.1) is 12.8 Å². The van der Waals surface area contributed by atoms with E-state index in [1.807, 2.05) is 12.1 Å². The number of rotatable bonds is 7. The minimum Gasteiger partial charge on any atom is -0.423 e. The molecule has 8 heteroatoms. The number of amides is 1. The summed E-state index contributed by atoms with van der Waals surface area (Å²) in [5, 5.41) is 15.5. The van der Waals surface area contributed by atoms with Gasteiger partial charge in [0.05, 0.1) is 12.1 Å². The Balaban J connectivity index is 1.66. The van der Waals surface area contributed by atoms with Crippen molar-refractivity contribution in [3.8, 4) is 11.3 Å². The first kappa shape index (κ1) is 19.1. The molecular weight excluding hydrogens is 368 g/mol. The number of nitrogens with one attached hydrogen (secondary N) is 1. The van der Waals surface area contributed by atoms with Crippen molar-refractivity contribution in [3.05, 3.63) is 52.8 Å². The largest absolute Gasteiger partial charge is 0.423 e. The van der Waals surface area contributed by atoms with Crippen molar-refractivity contribution in [2.24, 2.45) is 5.92 Å². The molecule has 0 aliphatic heterocycles. The van der Waals surface area contributed by atoms with Crippen LogP contribution in [0.1, 0.15) is 43.8 Å². The van der Waals surface area contributed by atoms with Gasteiger partial charge in [-0.2, -0.15) is 0 Å². The lowest BCUT2D eigenvalue weighted by molar-refractivity contribution is -0.121. The number of carbonyl (C=O) groups excluding carboxylic acids is 1. The van der Waals surface area contributed by atoms with Gasteiger partial charge in [0, 0.05) is 23.6 Å². The summed E-state index contributed by atoms with van der Waals surface area (Å²) >= 11 is 5.89. The molecule has 1 atom stereocenters. The first-order valence-electron chi connectivity index (χ1n) is 8.71. The molecule has 0 radical (unpaired) electrons. The summed E-state index contributed by atoms with van der Waals surface area (Å²) in [6.07, 6.45) is 0.793. The van der Waals surface area contributed by atoms with Crippen molar-refractivity contribution in [2.45, 2.75) is 39.7 Å². The second-order valence-corrected chi connectivity index (χ2v) is 7.21. The molecule has 1 aromatic carbocycles. The van der Waals surface area contributed by atoms with Crippen molar-refractivity contribution in [1.82, 2.24) is 20.7 Å². The van der Waals surface area contributed by atoms with Crippen LogP contribution >= 0.6 is 11.6 Å². The Morgan fingerprint density at radius 3 is 2.59 bits per heavy atom. The summed E-state index contributed by atoms with van der Waals surface area (Å²) < 4.78 is 10.8. The molecule has 3 rings (SSSR count). The molecule has 27 heavy (non-hydrogen) atoms. The highest BCUT2D eigenvalue weighted by molar-refractivity contribution is 6.30. The van der Waals surface area contributed by atoms with E-state index in [0.717, 1.165) is 5.56 Å². The molecule has 0 aliphatic carbocycles. The van der Waals surface area contributed by atoms with Crippen LogP contribution in [0.4, 0.5) is 0 Å². The van der Waals surface area contributed by atoms with E-state index in [-0.39, 0.29) is 18.4 Å². The molecule has 2 aromatic heterocycles. The maximum absolute atomic E-state index is 12.5. The van der Waals surface area contributed by atoms with E-state index >= 15 is 0 Å². The first-order valence-corrected chi connectivity index (χ1v) is 9.09. The molecule has 0 fully saturated rings. The van der Waals surface area contributed by atoms with Gasteiger partial charge in [0.25, 0.3) is 0 Å². The Morgan fingerprint density at radius 1 is 1.22 bits per heavy atom. The van der Waals surface area contributed by atoms with Crippen LogP contribution in [0.5, 0.6) is 0 Å². The van der Waals surface area contributed by atoms with E-state index < -0.39 is 0 Å². The highest BCUT2D eigenvalue weighted by atomic mass is 35.5. The van der Waals surface area contributed by atoms with E-state index in [0.29, 0.717) is 40.6 Å². The summed E-state index contributed by atoms with van der Waals surface area (Å²) in [6, 6.07) is 8.63. The van der Waals surface area contributed by atoms with Crippen LogP contribution in [0.25, 0.3) is 11.3 Å². The van der Waals surface area contributed by atoms with E-state index in [4.69, 9.17) is 20.5 Å². The number of aromatic nitrogens is 3. The van der Waals surface area contributed by atoms with Crippen LogP contribution in [-0.4, -0.2) is 21.3 Å². The second-order valence-electron chi connectivity index (χ2n) is 6.78. The van der Waals surface area contributed by atoms with Crippen molar-refractivity contribution >= 4 is 17.5 Å². The second kappa shape index (κ2) is 8.35. The number of benzene rings is 1. The predicted octanol–water partition coefficient (Wildman–Crippen LogP) is 4.13. The van der Waals surface area contributed by atoms with Gasteiger partial charge in [0.1, 0.15) is 6.04 Å². The zero-order chi connectivity index (χ0) is 19.4. The minimum atomic E-state index is -0.332. The molecule has 0 spiro atoms. The van der Waals surface area contributed by atoms with Gasteiger partial charge < -0.3 is 14.3 Å². The van der Waals surface area contributed by atoms with Gasteiger partial charge in [0.2, 0.25) is 17.7 Å². The van der Waals surface area contributed by atoms with Crippen molar-refractivity contribution < 1.29 is 13.7 Å². The molecule has 1 amide bonds. The average Bonchev–Trinajstić information content (AvgIpc) is 3.24. The highest BCUT2D eigenvalue weighted by Crippen LogP contribution is 2.23. The Hall–Kier alpha value is -2.67. The molecule has 2 heterocycles. The van der Waals surface area contributed by atoms with Crippen LogP contribution in [0.3, 0.4) is 0 Å². The average molecular weight is 389 g/mol. The van der Waals surface area contributed by atoms with Gasteiger partial charge in [-0.1, -0.05) is 30.6 Å². The normalized spacial score (nSPS) is 12.3. The summed E-state index contributed by atoms with van der Waals surface area (Å²) in [6.45, 7) is 5.86. The maximum atomic E-state index is 12.5. The molecule has 0 saturated carbocycles. The van der Waals surface area contributed by atoms with Gasteiger partial charge in [-0.3, -0.25) is 4.79 Å². The monoisotopic (exact) mass is 388 g/mol. The number of halogens is 1. The lowest BCUT2D eigenvalue weighted by atomic mass is 10.0. The first-order chi connectivity index (χ1) is 12.9. The quantitative estimate of drug-likeness (QED) is 0.653. The zero-order valence-electron chi connectivity index (χ0n) is 15.4. The van der Waals surface area contributed by atoms with Crippen LogP contribution in [0.2, 0.25) is 5.02 Å². The van der Waals surface area contributed by atoms with E-state index in [9.17, 15) is 4.79 Å². The Labute approximate surface area is 162 Å². The molecule has 142 valence electrons. The maximum Gasteiger partial charge on any atom is 0.238 e.